The second-order valence-electron chi connectivity index (χ2n) is 6.76. The molecular weight excluding hydrogens is 350 g/mol. The van der Waals surface area contributed by atoms with Gasteiger partial charge in [0.05, 0.1) is 6.42 Å². The number of rotatable bonds is 7. The van der Waals surface area contributed by atoms with Crippen molar-refractivity contribution in [2.24, 2.45) is 0 Å². The zero-order valence-corrected chi connectivity index (χ0v) is 15.7. The SMILES string of the molecule is CC(C)NC(=O)[C@H](C)N(Cc1ccc(F)cc1)C(=O)Cc1ccccc1F. The third kappa shape index (κ3) is 5.88. The van der Waals surface area contributed by atoms with E-state index in [4.69, 9.17) is 0 Å². The Morgan fingerprint density at radius 3 is 2.22 bits per heavy atom. The van der Waals surface area contributed by atoms with Gasteiger partial charge >= 0.3 is 0 Å². The van der Waals surface area contributed by atoms with Crippen LogP contribution in [-0.2, 0) is 22.6 Å². The lowest BCUT2D eigenvalue weighted by atomic mass is 10.1. The fourth-order valence-corrected chi connectivity index (χ4v) is 2.68. The van der Waals surface area contributed by atoms with Gasteiger partial charge < -0.3 is 10.2 Å². The lowest BCUT2D eigenvalue weighted by Crippen LogP contribution is -2.49. The van der Waals surface area contributed by atoms with E-state index < -0.39 is 11.9 Å². The van der Waals surface area contributed by atoms with Gasteiger partial charge in [-0.25, -0.2) is 8.78 Å². The van der Waals surface area contributed by atoms with Gasteiger partial charge in [-0.1, -0.05) is 30.3 Å². The molecule has 2 amide bonds. The van der Waals surface area contributed by atoms with Crippen LogP contribution in [0.1, 0.15) is 31.9 Å². The van der Waals surface area contributed by atoms with Gasteiger partial charge in [-0.2, -0.15) is 0 Å². The Balaban J connectivity index is 2.24. The van der Waals surface area contributed by atoms with Gasteiger partial charge in [0.15, 0.2) is 0 Å². The van der Waals surface area contributed by atoms with Crippen molar-refractivity contribution < 1.29 is 18.4 Å². The van der Waals surface area contributed by atoms with Crippen molar-refractivity contribution in [1.29, 1.82) is 0 Å². The summed E-state index contributed by atoms with van der Waals surface area (Å²) in [7, 11) is 0. The zero-order valence-electron chi connectivity index (χ0n) is 15.7. The highest BCUT2D eigenvalue weighted by Crippen LogP contribution is 2.15. The minimum Gasteiger partial charge on any atom is -0.352 e. The van der Waals surface area contributed by atoms with Gasteiger partial charge in [-0.3, -0.25) is 9.59 Å². The average molecular weight is 374 g/mol. The molecule has 0 aliphatic rings. The van der Waals surface area contributed by atoms with E-state index in [0.29, 0.717) is 5.56 Å². The predicted octanol–water partition coefficient (Wildman–Crippen LogP) is 3.45. The van der Waals surface area contributed by atoms with Crippen LogP contribution in [-0.4, -0.2) is 28.8 Å². The molecule has 0 bridgehead atoms. The molecule has 0 saturated heterocycles. The highest BCUT2D eigenvalue weighted by molar-refractivity contribution is 5.88. The van der Waals surface area contributed by atoms with Crippen LogP contribution in [0.25, 0.3) is 0 Å². The van der Waals surface area contributed by atoms with Crippen molar-refractivity contribution in [2.75, 3.05) is 0 Å². The van der Waals surface area contributed by atoms with E-state index in [-0.39, 0.29) is 42.2 Å². The average Bonchev–Trinajstić information content (AvgIpc) is 2.62. The topological polar surface area (TPSA) is 49.4 Å². The summed E-state index contributed by atoms with van der Waals surface area (Å²) in [5.74, 6) is -1.52. The molecule has 2 aromatic rings. The van der Waals surface area contributed by atoms with Crippen LogP contribution < -0.4 is 5.32 Å². The van der Waals surface area contributed by atoms with E-state index in [9.17, 15) is 18.4 Å². The largest absolute Gasteiger partial charge is 0.352 e. The molecule has 0 heterocycles. The molecule has 0 aliphatic heterocycles. The van der Waals surface area contributed by atoms with Crippen LogP contribution in [0.4, 0.5) is 8.78 Å². The first-order valence-corrected chi connectivity index (χ1v) is 8.85. The molecule has 4 nitrogen and oxygen atoms in total. The number of nitrogens with zero attached hydrogens (tertiary/aromatic N) is 1. The van der Waals surface area contributed by atoms with Gasteiger partial charge in [0.25, 0.3) is 0 Å². The van der Waals surface area contributed by atoms with Gasteiger partial charge in [0.2, 0.25) is 11.8 Å². The molecule has 0 fully saturated rings. The highest BCUT2D eigenvalue weighted by atomic mass is 19.1. The summed E-state index contributed by atoms with van der Waals surface area (Å²) < 4.78 is 27.1. The maximum atomic E-state index is 13.9. The third-order valence-electron chi connectivity index (χ3n) is 4.16. The van der Waals surface area contributed by atoms with Crippen LogP contribution in [0.15, 0.2) is 48.5 Å². The van der Waals surface area contributed by atoms with Crippen molar-refractivity contribution >= 4 is 11.8 Å². The number of halogens is 2. The number of nitrogens with one attached hydrogen (secondary N) is 1. The summed E-state index contributed by atoms with van der Waals surface area (Å²) in [4.78, 5) is 26.7. The molecule has 0 spiro atoms. The Morgan fingerprint density at radius 2 is 1.63 bits per heavy atom. The first kappa shape index (κ1) is 20.6. The minimum atomic E-state index is -0.753. The van der Waals surface area contributed by atoms with Crippen LogP contribution in [0, 0.1) is 11.6 Å². The molecule has 1 atom stereocenters. The van der Waals surface area contributed by atoms with Crippen LogP contribution in [0.3, 0.4) is 0 Å². The summed E-state index contributed by atoms with van der Waals surface area (Å²) in [6.45, 7) is 5.41. The Bertz CT molecular complexity index is 791. The van der Waals surface area contributed by atoms with Gasteiger partial charge in [-0.15, -0.1) is 0 Å². The van der Waals surface area contributed by atoms with E-state index in [2.05, 4.69) is 5.32 Å². The lowest BCUT2D eigenvalue weighted by Gasteiger charge is -2.29. The molecule has 2 aromatic carbocycles. The van der Waals surface area contributed by atoms with Crippen molar-refractivity contribution in [1.82, 2.24) is 10.2 Å². The minimum absolute atomic E-state index is 0.0747. The van der Waals surface area contributed by atoms with E-state index in [0.717, 1.165) is 0 Å². The van der Waals surface area contributed by atoms with Crippen molar-refractivity contribution in [3.63, 3.8) is 0 Å². The fourth-order valence-electron chi connectivity index (χ4n) is 2.68. The number of amides is 2. The van der Waals surface area contributed by atoms with E-state index >= 15 is 0 Å². The van der Waals surface area contributed by atoms with Crippen molar-refractivity contribution in [3.8, 4) is 0 Å². The summed E-state index contributed by atoms with van der Waals surface area (Å²) in [5.41, 5.74) is 0.950. The van der Waals surface area contributed by atoms with Crippen LogP contribution in [0.5, 0.6) is 0 Å². The predicted molar refractivity (Wildman–Crippen MR) is 99.8 cm³/mol. The van der Waals surface area contributed by atoms with E-state index in [1.165, 1.54) is 23.1 Å². The summed E-state index contributed by atoms with van der Waals surface area (Å²) in [6.07, 6.45) is -0.160. The second kappa shape index (κ2) is 9.26. The molecule has 6 heteroatoms. The monoisotopic (exact) mass is 374 g/mol. The van der Waals surface area contributed by atoms with Crippen molar-refractivity contribution in [2.45, 2.75) is 45.8 Å². The Morgan fingerprint density at radius 1 is 1.00 bits per heavy atom. The normalized spacial score (nSPS) is 11.9. The maximum Gasteiger partial charge on any atom is 0.242 e. The summed E-state index contributed by atoms with van der Waals surface area (Å²) in [5, 5.41) is 2.78. The van der Waals surface area contributed by atoms with Gasteiger partial charge in [0, 0.05) is 12.6 Å². The molecule has 0 saturated carbocycles. The molecule has 0 aromatic heterocycles. The molecule has 1 N–H and O–H groups in total. The second-order valence-corrected chi connectivity index (χ2v) is 6.76. The summed E-state index contributed by atoms with van der Waals surface area (Å²) >= 11 is 0. The molecular formula is C21H24F2N2O2. The van der Waals surface area contributed by atoms with Gasteiger partial charge in [-0.05, 0) is 50.1 Å². The van der Waals surface area contributed by atoms with Crippen LogP contribution in [0.2, 0.25) is 0 Å². The zero-order chi connectivity index (χ0) is 20.0. The Hall–Kier alpha value is -2.76. The molecule has 0 unspecified atom stereocenters. The molecule has 0 radical (unpaired) electrons. The molecule has 144 valence electrons. The lowest BCUT2D eigenvalue weighted by molar-refractivity contribution is -0.140. The number of hydrogen-bond donors (Lipinski definition) is 1. The first-order chi connectivity index (χ1) is 12.8. The standard InChI is InChI=1S/C21H24F2N2O2/c1-14(2)24-21(27)15(3)25(13-16-8-10-18(22)11-9-16)20(26)12-17-6-4-5-7-19(17)23/h4-11,14-15H,12-13H2,1-3H3,(H,24,27)/t15-/m0/s1. The fraction of sp³-hybridized carbons (Fsp3) is 0.333. The summed E-state index contributed by atoms with van der Waals surface area (Å²) in [6, 6.07) is 10.9. The van der Waals surface area contributed by atoms with Crippen molar-refractivity contribution in [3.05, 3.63) is 71.3 Å². The number of hydrogen-bond acceptors (Lipinski definition) is 2. The Kier molecular flexibility index (Phi) is 7.05. The quantitative estimate of drug-likeness (QED) is 0.807. The highest BCUT2D eigenvalue weighted by Gasteiger charge is 2.27. The Labute approximate surface area is 158 Å². The molecule has 27 heavy (non-hydrogen) atoms. The number of carbonyl (C=O) groups excluding carboxylic acids is 2. The van der Waals surface area contributed by atoms with Gasteiger partial charge in [0.1, 0.15) is 17.7 Å². The maximum absolute atomic E-state index is 13.9. The molecule has 0 aliphatic carbocycles. The van der Waals surface area contributed by atoms with Crippen LogP contribution >= 0.6 is 0 Å². The third-order valence-corrected chi connectivity index (χ3v) is 4.16. The number of carbonyl (C=O) groups is 2. The van der Waals surface area contributed by atoms with E-state index in [1.807, 2.05) is 13.8 Å². The molecule has 2 rings (SSSR count). The smallest absolute Gasteiger partial charge is 0.242 e. The van der Waals surface area contributed by atoms with E-state index in [1.54, 1.807) is 37.3 Å². The number of benzene rings is 2. The first-order valence-electron chi connectivity index (χ1n) is 8.85.